The molecule has 2 bridgehead atoms. The van der Waals surface area contributed by atoms with E-state index in [1.54, 1.807) is 12.1 Å². The Balaban J connectivity index is 1.86. The summed E-state index contributed by atoms with van der Waals surface area (Å²) in [5, 5.41) is -0.108. The zero-order chi connectivity index (χ0) is 19.1. The molecule has 140 valence electrons. The zero-order valence-electron chi connectivity index (χ0n) is 13.6. The van der Waals surface area contributed by atoms with Crippen LogP contribution in [0.5, 0.6) is 0 Å². The minimum Gasteiger partial charge on any atom is -0.467 e. The summed E-state index contributed by atoms with van der Waals surface area (Å²) in [7, 11) is 2.63. The number of halogens is 4. The number of hydrogen-bond donors (Lipinski definition) is 0. The van der Waals surface area contributed by atoms with Crippen molar-refractivity contribution in [3.8, 4) is 0 Å². The molecule has 1 aromatic heterocycles. The van der Waals surface area contributed by atoms with Gasteiger partial charge in [0.2, 0.25) is 17.6 Å². The van der Waals surface area contributed by atoms with E-state index in [2.05, 4.69) is 0 Å². The van der Waals surface area contributed by atoms with E-state index in [9.17, 15) is 9.59 Å². The topological polar surface area (TPSA) is 69.0 Å². The van der Waals surface area contributed by atoms with Crippen LogP contribution in [0.3, 0.4) is 0 Å². The average molecular weight is 441 g/mol. The standard InChI is InChI=1S/C16H13Cl4NO5/c1-24-16(25-2)14(19)8-9(15(16,20)11(18)10(14)17)13(23)21(12(8)22)6-7-4-3-5-26-7/h3-5,8-9H,6H2,1-2H3/t8-,9-,14+,15+/m1/s1. The molecule has 0 radical (unpaired) electrons. The Labute approximate surface area is 168 Å². The van der Waals surface area contributed by atoms with E-state index in [4.69, 9.17) is 60.3 Å². The fraction of sp³-hybridized carbons (Fsp3) is 0.500. The van der Waals surface area contributed by atoms with Crippen molar-refractivity contribution in [2.24, 2.45) is 11.8 Å². The smallest absolute Gasteiger partial charge is 0.235 e. The van der Waals surface area contributed by atoms with Gasteiger partial charge in [-0.25, -0.2) is 0 Å². The summed E-state index contributed by atoms with van der Waals surface area (Å²) in [5.41, 5.74) is 0. The van der Waals surface area contributed by atoms with Gasteiger partial charge in [-0.2, -0.15) is 0 Å². The van der Waals surface area contributed by atoms with Crippen LogP contribution in [0.15, 0.2) is 32.9 Å². The van der Waals surface area contributed by atoms with Gasteiger partial charge in [0.05, 0.1) is 34.7 Å². The molecule has 0 N–H and O–H groups in total. The summed E-state index contributed by atoms with van der Waals surface area (Å²) in [5.74, 6) is -4.56. The van der Waals surface area contributed by atoms with E-state index in [-0.39, 0.29) is 16.6 Å². The fourth-order valence-electron chi connectivity index (χ4n) is 4.48. The molecule has 26 heavy (non-hydrogen) atoms. The van der Waals surface area contributed by atoms with Crippen LogP contribution >= 0.6 is 46.4 Å². The van der Waals surface area contributed by atoms with Crippen LogP contribution in [0, 0.1) is 11.8 Å². The lowest BCUT2D eigenvalue weighted by Crippen LogP contribution is -2.60. The highest BCUT2D eigenvalue weighted by molar-refractivity contribution is 6.53. The number of fused-ring (bicyclic) bond motifs is 5. The molecule has 1 saturated carbocycles. The Kier molecular flexibility index (Phi) is 4.02. The number of carbonyl (C=O) groups excluding carboxylic acids is 2. The van der Waals surface area contributed by atoms with Gasteiger partial charge in [0.15, 0.2) is 0 Å². The third-order valence-corrected chi connectivity index (χ3v) is 8.12. The van der Waals surface area contributed by atoms with E-state index in [1.807, 2.05) is 0 Å². The number of rotatable bonds is 4. The van der Waals surface area contributed by atoms with Crippen LogP contribution in [0.4, 0.5) is 0 Å². The monoisotopic (exact) mass is 439 g/mol. The number of alkyl halides is 2. The normalized spacial score (nSPS) is 37.8. The van der Waals surface area contributed by atoms with Crippen LogP contribution in [-0.2, 0) is 25.6 Å². The van der Waals surface area contributed by atoms with Crippen LogP contribution in [-0.4, -0.2) is 46.5 Å². The van der Waals surface area contributed by atoms with Gasteiger partial charge in [-0.15, -0.1) is 23.2 Å². The summed E-state index contributed by atoms with van der Waals surface area (Å²) in [6.45, 7) is -0.0419. The fourth-order valence-corrected chi connectivity index (χ4v) is 6.64. The summed E-state index contributed by atoms with van der Waals surface area (Å²) in [6.07, 6.45) is 1.45. The maximum absolute atomic E-state index is 13.1. The highest BCUT2D eigenvalue weighted by atomic mass is 35.5. The van der Waals surface area contributed by atoms with E-state index < -0.39 is 39.2 Å². The predicted molar refractivity (Wildman–Crippen MR) is 93.9 cm³/mol. The summed E-state index contributed by atoms with van der Waals surface area (Å²) in [4.78, 5) is 23.8. The third kappa shape index (κ3) is 1.70. The highest BCUT2D eigenvalue weighted by Crippen LogP contribution is 2.75. The van der Waals surface area contributed by atoms with Gasteiger partial charge in [0, 0.05) is 14.2 Å². The van der Waals surface area contributed by atoms with Crippen molar-refractivity contribution in [3.63, 3.8) is 0 Å². The van der Waals surface area contributed by atoms with Gasteiger partial charge >= 0.3 is 0 Å². The molecule has 0 unspecified atom stereocenters. The van der Waals surface area contributed by atoms with Crippen molar-refractivity contribution in [1.29, 1.82) is 0 Å². The molecule has 3 aliphatic rings. The molecule has 6 nitrogen and oxygen atoms in total. The molecule has 0 aromatic carbocycles. The Morgan fingerprint density at radius 2 is 1.58 bits per heavy atom. The van der Waals surface area contributed by atoms with Crippen LogP contribution in [0.25, 0.3) is 0 Å². The van der Waals surface area contributed by atoms with Gasteiger partial charge in [0.1, 0.15) is 15.5 Å². The zero-order valence-corrected chi connectivity index (χ0v) is 16.6. The number of furan rings is 1. The first-order valence-corrected chi connectivity index (χ1v) is 9.15. The molecule has 4 atom stereocenters. The van der Waals surface area contributed by atoms with Gasteiger partial charge < -0.3 is 13.9 Å². The van der Waals surface area contributed by atoms with Crippen molar-refractivity contribution >= 4 is 58.2 Å². The largest absolute Gasteiger partial charge is 0.467 e. The van der Waals surface area contributed by atoms with E-state index in [0.29, 0.717) is 5.76 Å². The summed E-state index contributed by atoms with van der Waals surface area (Å²) < 4.78 is 16.3. The lowest BCUT2D eigenvalue weighted by Gasteiger charge is -2.42. The van der Waals surface area contributed by atoms with Gasteiger partial charge in [0.25, 0.3) is 0 Å². The molecular weight excluding hydrogens is 428 g/mol. The quantitative estimate of drug-likeness (QED) is 0.409. The maximum Gasteiger partial charge on any atom is 0.235 e. The van der Waals surface area contributed by atoms with E-state index >= 15 is 0 Å². The maximum atomic E-state index is 13.1. The molecule has 1 saturated heterocycles. The molecule has 10 heteroatoms. The number of likely N-dealkylation sites (tertiary alicyclic amines) is 1. The van der Waals surface area contributed by atoms with Crippen molar-refractivity contribution in [3.05, 3.63) is 34.2 Å². The molecule has 0 spiro atoms. The van der Waals surface area contributed by atoms with E-state index in [0.717, 1.165) is 4.90 Å². The molecule has 1 aliphatic heterocycles. The van der Waals surface area contributed by atoms with Crippen molar-refractivity contribution in [2.75, 3.05) is 14.2 Å². The SMILES string of the molecule is COC1(OC)[C@@]2(Cl)C(Cl)=C(Cl)[C@@]1(Cl)[C@H]1C(=O)N(Cc3ccco3)C(=O)[C@@H]12. The Hall–Kier alpha value is -0.760. The molecule has 2 aliphatic carbocycles. The van der Waals surface area contributed by atoms with E-state index in [1.165, 1.54) is 20.5 Å². The number of hydrogen-bond acceptors (Lipinski definition) is 5. The van der Waals surface area contributed by atoms with Gasteiger partial charge in [-0.3, -0.25) is 14.5 Å². The number of amides is 2. The summed E-state index contributed by atoms with van der Waals surface area (Å²) >= 11 is 26.4. The lowest BCUT2D eigenvalue weighted by molar-refractivity contribution is -0.222. The average Bonchev–Trinajstić information content (AvgIpc) is 3.29. The van der Waals surface area contributed by atoms with Gasteiger partial charge in [-0.05, 0) is 12.1 Å². The second-order valence-electron chi connectivity index (χ2n) is 6.37. The first kappa shape index (κ1) is 18.6. The van der Waals surface area contributed by atoms with Crippen LogP contribution in [0.2, 0.25) is 0 Å². The Bertz CT molecular complexity index is 790. The Morgan fingerprint density at radius 1 is 1.08 bits per heavy atom. The molecule has 2 fully saturated rings. The second kappa shape index (κ2) is 5.63. The van der Waals surface area contributed by atoms with Crippen LogP contribution in [0.1, 0.15) is 5.76 Å². The third-order valence-electron chi connectivity index (χ3n) is 5.51. The second-order valence-corrected chi connectivity index (χ2v) is 8.32. The summed E-state index contributed by atoms with van der Waals surface area (Å²) in [6, 6.07) is 3.32. The van der Waals surface area contributed by atoms with Crippen molar-refractivity contribution in [1.82, 2.24) is 4.90 Å². The highest BCUT2D eigenvalue weighted by Gasteiger charge is 2.89. The number of ether oxygens (including phenoxy) is 2. The van der Waals surface area contributed by atoms with Crippen molar-refractivity contribution in [2.45, 2.75) is 22.1 Å². The van der Waals surface area contributed by atoms with Crippen molar-refractivity contribution < 1.29 is 23.5 Å². The molecule has 2 heterocycles. The number of carbonyl (C=O) groups is 2. The molecule has 2 amide bonds. The minimum absolute atomic E-state index is 0.0419. The predicted octanol–water partition coefficient (Wildman–Crippen LogP) is 3.04. The minimum atomic E-state index is -1.77. The number of nitrogens with zero attached hydrogens (tertiary/aromatic N) is 1. The Morgan fingerprint density at radius 3 is 1.96 bits per heavy atom. The number of imide groups is 1. The molecule has 4 rings (SSSR count). The lowest BCUT2D eigenvalue weighted by atomic mass is 9.84. The first-order chi connectivity index (χ1) is 12.2. The molecule has 1 aromatic rings. The van der Waals surface area contributed by atoms with Crippen LogP contribution < -0.4 is 0 Å². The first-order valence-electron chi connectivity index (χ1n) is 7.64. The van der Waals surface area contributed by atoms with Gasteiger partial charge in [-0.1, -0.05) is 23.2 Å². The molecular formula is C16H13Cl4NO5. The number of methoxy groups -OCH3 is 2.